The van der Waals surface area contributed by atoms with Gasteiger partial charge in [0.1, 0.15) is 16.3 Å². The summed E-state index contributed by atoms with van der Waals surface area (Å²) in [6.07, 6.45) is 2.32. The molecule has 1 atom stereocenters. The Labute approximate surface area is 120 Å². The summed E-state index contributed by atoms with van der Waals surface area (Å²) in [6, 6.07) is 2.30. The molecular weight excluding hydrogens is 289 g/mol. The molecule has 0 spiro atoms. The Morgan fingerprint density at radius 3 is 2.47 bits per heavy atom. The molecule has 1 saturated heterocycles. The number of pyridine rings is 1. The highest BCUT2D eigenvalue weighted by atomic mass is 35.5. The van der Waals surface area contributed by atoms with Crippen molar-refractivity contribution in [3.63, 3.8) is 0 Å². The number of carbonyl (C=O) groups is 2. The SMILES string of the molecule is NC(=O)C1CCCCN1C(=O)c1cc(Cl)nc(Cl)c1. The second kappa shape index (κ2) is 5.75. The van der Waals surface area contributed by atoms with E-state index in [-0.39, 0.29) is 16.2 Å². The third-order valence-electron chi connectivity index (χ3n) is 3.10. The molecule has 0 aliphatic carbocycles. The fourth-order valence-electron chi connectivity index (χ4n) is 2.22. The van der Waals surface area contributed by atoms with Gasteiger partial charge in [-0.3, -0.25) is 9.59 Å². The average Bonchev–Trinajstić information content (AvgIpc) is 2.36. The summed E-state index contributed by atoms with van der Waals surface area (Å²) in [5.74, 6) is -0.783. The van der Waals surface area contributed by atoms with Crippen LogP contribution in [0.15, 0.2) is 12.1 Å². The van der Waals surface area contributed by atoms with Crippen molar-refractivity contribution < 1.29 is 9.59 Å². The van der Waals surface area contributed by atoms with E-state index in [1.807, 2.05) is 0 Å². The highest BCUT2D eigenvalue weighted by Crippen LogP contribution is 2.22. The van der Waals surface area contributed by atoms with Crippen LogP contribution < -0.4 is 5.73 Å². The fourth-order valence-corrected chi connectivity index (χ4v) is 2.69. The molecular formula is C12H13Cl2N3O2. The first-order valence-electron chi connectivity index (χ1n) is 5.92. The molecule has 2 heterocycles. The van der Waals surface area contributed by atoms with Crippen LogP contribution in [0.1, 0.15) is 29.6 Å². The van der Waals surface area contributed by atoms with Crippen molar-refractivity contribution >= 4 is 35.0 Å². The maximum absolute atomic E-state index is 12.4. The summed E-state index contributed by atoms with van der Waals surface area (Å²) < 4.78 is 0. The molecule has 19 heavy (non-hydrogen) atoms. The molecule has 2 N–H and O–H groups in total. The van der Waals surface area contributed by atoms with Gasteiger partial charge < -0.3 is 10.6 Å². The number of halogens is 2. The van der Waals surface area contributed by atoms with Crippen LogP contribution in [-0.4, -0.2) is 34.3 Å². The molecule has 2 amide bonds. The van der Waals surface area contributed by atoms with Gasteiger partial charge in [0.25, 0.3) is 5.91 Å². The Morgan fingerprint density at radius 2 is 1.89 bits per heavy atom. The van der Waals surface area contributed by atoms with E-state index in [0.29, 0.717) is 18.5 Å². The summed E-state index contributed by atoms with van der Waals surface area (Å²) in [6.45, 7) is 0.504. The first-order valence-corrected chi connectivity index (χ1v) is 6.68. The van der Waals surface area contributed by atoms with Crippen LogP contribution in [0.5, 0.6) is 0 Å². The quantitative estimate of drug-likeness (QED) is 0.847. The molecule has 5 nitrogen and oxygen atoms in total. The molecule has 1 fully saturated rings. The number of amides is 2. The Balaban J connectivity index is 2.28. The summed E-state index contributed by atoms with van der Waals surface area (Å²) in [5, 5.41) is 0.284. The number of piperidine rings is 1. The average molecular weight is 302 g/mol. The molecule has 1 aliphatic rings. The lowest BCUT2D eigenvalue weighted by atomic mass is 10.0. The maximum atomic E-state index is 12.4. The maximum Gasteiger partial charge on any atom is 0.254 e. The molecule has 1 aliphatic heterocycles. The van der Waals surface area contributed by atoms with Crippen LogP contribution in [0.2, 0.25) is 10.3 Å². The predicted octanol–water partition coefficient (Wildman–Crippen LogP) is 1.87. The summed E-state index contributed by atoms with van der Waals surface area (Å²) >= 11 is 11.5. The third kappa shape index (κ3) is 3.16. The molecule has 7 heteroatoms. The Kier molecular flexibility index (Phi) is 4.27. The molecule has 1 aromatic heterocycles. The second-order valence-electron chi connectivity index (χ2n) is 4.41. The van der Waals surface area contributed by atoms with Crippen molar-refractivity contribution in [1.82, 2.24) is 9.88 Å². The van der Waals surface area contributed by atoms with Crippen LogP contribution in [0.25, 0.3) is 0 Å². The van der Waals surface area contributed by atoms with Gasteiger partial charge in [0.15, 0.2) is 0 Å². The van der Waals surface area contributed by atoms with Crippen molar-refractivity contribution in [3.8, 4) is 0 Å². The van der Waals surface area contributed by atoms with E-state index in [4.69, 9.17) is 28.9 Å². The lowest BCUT2D eigenvalue weighted by Crippen LogP contribution is -2.50. The minimum atomic E-state index is -0.563. The van der Waals surface area contributed by atoms with E-state index in [1.165, 1.54) is 17.0 Å². The fraction of sp³-hybridized carbons (Fsp3) is 0.417. The molecule has 0 bridgehead atoms. The molecule has 0 aromatic carbocycles. The number of aromatic nitrogens is 1. The van der Waals surface area contributed by atoms with Gasteiger partial charge in [-0.25, -0.2) is 4.98 Å². The van der Waals surface area contributed by atoms with Gasteiger partial charge in [-0.15, -0.1) is 0 Å². The van der Waals surface area contributed by atoms with Crippen molar-refractivity contribution in [3.05, 3.63) is 28.0 Å². The Morgan fingerprint density at radius 1 is 1.26 bits per heavy atom. The zero-order valence-corrected chi connectivity index (χ0v) is 11.6. The topological polar surface area (TPSA) is 76.3 Å². The number of nitrogens with two attached hydrogens (primary N) is 1. The molecule has 1 unspecified atom stereocenters. The van der Waals surface area contributed by atoms with Gasteiger partial charge >= 0.3 is 0 Å². The van der Waals surface area contributed by atoms with Crippen LogP contribution in [-0.2, 0) is 4.79 Å². The largest absolute Gasteiger partial charge is 0.368 e. The minimum Gasteiger partial charge on any atom is -0.368 e. The number of nitrogens with zero attached hydrogens (tertiary/aromatic N) is 2. The third-order valence-corrected chi connectivity index (χ3v) is 3.49. The van der Waals surface area contributed by atoms with E-state index >= 15 is 0 Å². The number of primary amides is 1. The highest BCUT2D eigenvalue weighted by molar-refractivity contribution is 6.33. The monoisotopic (exact) mass is 301 g/mol. The van der Waals surface area contributed by atoms with E-state index in [0.717, 1.165) is 12.8 Å². The molecule has 1 aromatic rings. The second-order valence-corrected chi connectivity index (χ2v) is 5.19. The van der Waals surface area contributed by atoms with Crippen LogP contribution >= 0.6 is 23.2 Å². The molecule has 102 valence electrons. The highest BCUT2D eigenvalue weighted by Gasteiger charge is 2.31. The van der Waals surface area contributed by atoms with Gasteiger partial charge in [-0.05, 0) is 31.4 Å². The van der Waals surface area contributed by atoms with Crippen LogP contribution in [0.3, 0.4) is 0 Å². The van der Waals surface area contributed by atoms with Gasteiger partial charge in [0.05, 0.1) is 0 Å². The zero-order valence-electron chi connectivity index (χ0n) is 10.1. The van der Waals surface area contributed by atoms with Gasteiger partial charge in [0.2, 0.25) is 5.91 Å². The van der Waals surface area contributed by atoms with Crippen molar-refractivity contribution in [2.24, 2.45) is 5.73 Å². The van der Waals surface area contributed by atoms with Crippen LogP contribution in [0, 0.1) is 0 Å². The van der Waals surface area contributed by atoms with E-state index in [2.05, 4.69) is 4.98 Å². The predicted molar refractivity (Wildman–Crippen MR) is 72.1 cm³/mol. The zero-order chi connectivity index (χ0) is 14.0. The lowest BCUT2D eigenvalue weighted by Gasteiger charge is -2.33. The standard InChI is InChI=1S/C12H13Cl2N3O2/c13-9-5-7(6-10(14)16-9)12(19)17-4-2-1-3-8(17)11(15)18/h5-6,8H,1-4H2,(H2,15,18). The first kappa shape index (κ1) is 14.1. The summed E-state index contributed by atoms with van der Waals surface area (Å²) in [7, 11) is 0. The number of rotatable bonds is 2. The van der Waals surface area contributed by atoms with E-state index in [1.54, 1.807) is 0 Å². The van der Waals surface area contributed by atoms with Gasteiger partial charge in [0, 0.05) is 12.1 Å². The molecule has 2 rings (SSSR count). The van der Waals surface area contributed by atoms with E-state index in [9.17, 15) is 9.59 Å². The summed E-state index contributed by atoms with van der Waals surface area (Å²) in [5.41, 5.74) is 5.65. The van der Waals surface area contributed by atoms with Crippen molar-refractivity contribution in [2.45, 2.75) is 25.3 Å². The number of hydrogen-bond acceptors (Lipinski definition) is 3. The minimum absolute atomic E-state index is 0.142. The normalized spacial score (nSPS) is 19.3. The van der Waals surface area contributed by atoms with Crippen LogP contribution in [0.4, 0.5) is 0 Å². The summed E-state index contributed by atoms with van der Waals surface area (Å²) in [4.78, 5) is 29.1. The number of carbonyl (C=O) groups excluding carboxylic acids is 2. The molecule has 0 saturated carbocycles. The van der Waals surface area contributed by atoms with Gasteiger partial charge in [-0.2, -0.15) is 0 Å². The van der Waals surface area contributed by atoms with Gasteiger partial charge in [-0.1, -0.05) is 23.2 Å². The number of hydrogen-bond donors (Lipinski definition) is 1. The van der Waals surface area contributed by atoms with Crippen molar-refractivity contribution in [1.29, 1.82) is 0 Å². The first-order chi connectivity index (χ1) is 8.99. The lowest BCUT2D eigenvalue weighted by molar-refractivity contribution is -0.123. The van der Waals surface area contributed by atoms with Crippen molar-refractivity contribution in [2.75, 3.05) is 6.54 Å². The smallest absolute Gasteiger partial charge is 0.254 e. The Hall–Kier alpha value is -1.33. The van der Waals surface area contributed by atoms with E-state index < -0.39 is 11.9 Å². The molecule has 0 radical (unpaired) electrons. The Bertz CT molecular complexity index is 501. The number of likely N-dealkylation sites (tertiary alicyclic amines) is 1.